The summed E-state index contributed by atoms with van der Waals surface area (Å²) in [5.74, 6) is 0.637. The molecular formula is C33H46Cl2N2O2S. The average Bonchev–Trinajstić information content (AvgIpc) is 3.42. The number of benzene rings is 2. The third kappa shape index (κ3) is 12.2. The molecule has 1 aromatic heterocycles. The Hall–Kier alpha value is -2.08. The molecule has 0 aliphatic heterocycles. The fourth-order valence-electron chi connectivity index (χ4n) is 4.79. The minimum absolute atomic E-state index is 0. The van der Waals surface area contributed by atoms with Crippen LogP contribution in [0.4, 0.5) is 5.69 Å². The molecule has 0 aliphatic carbocycles. The molecule has 3 aromatic rings. The van der Waals surface area contributed by atoms with Crippen molar-refractivity contribution in [1.82, 2.24) is 0 Å². The number of ether oxygens (including phenoxy) is 1. The molecule has 0 unspecified atom stereocenters. The molecule has 2 aromatic carbocycles. The van der Waals surface area contributed by atoms with Crippen LogP contribution in [0.2, 0.25) is 5.02 Å². The van der Waals surface area contributed by atoms with Crippen LogP contribution in [0, 0.1) is 0 Å². The summed E-state index contributed by atoms with van der Waals surface area (Å²) in [7, 11) is 0. The second kappa shape index (κ2) is 19.9. The molecule has 0 fully saturated rings. The third-order valence-corrected chi connectivity index (χ3v) is 8.26. The third-order valence-electron chi connectivity index (χ3n) is 7.07. The van der Waals surface area contributed by atoms with Gasteiger partial charge in [0.2, 0.25) is 5.91 Å². The number of aromatic nitrogens is 1. The summed E-state index contributed by atoms with van der Waals surface area (Å²) in [6.45, 7) is 5.99. The fourth-order valence-corrected chi connectivity index (χ4v) is 5.89. The van der Waals surface area contributed by atoms with E-state index in [0.717, 1.165) is 29.8 Å². The lowest BCUT2D eigenvalue weighted by atomic mass is 10.1. The quantitative estimate of drug-likeness (QED) is 0.123. The molecule has 7 heteroatoms. The highest BCUT2D eigenvalue weighted by atomic mass is 35.5. The van der Waals surface area contributed by atoms with Crippen molar-refractivity contribution in [3.63, 3.8) is 0 Å². The lowest BCUT2D eigenvalue weighted by Gasteiger charge is -2.12. The SMILES string of the molecule is CCCCCCCCCCCCCCOc1cc(Cl)ccc1CC(=O)Nc1ccc(-c2scc[n+]2CC)cc1.[Cl-]. The van der Waals surface area contributed by atoms with E-state index in [9.17, 15) is 4.79 Å². The van der Waals surface area contributed by atoms with Crippen molar-refractivity contribution in [1.29, 1.82) is 0 Å². The van der Waals surface area contributed by atoms with Crippen LogP contribution >= 0.6 is 22.9 Å². The molecule has 0 bridgehead atoms. The van der Waals surface area contributed by atoms with Crippen molar-refractivity contribution >= 4 is 34.5 Å². The van der Waals surface area contributed by atoms with Crippen LogP contribution in [0.1, 0.15) is 96.5 Å². The van der Waals surface area contributed by atoms with E-state index in [0.29, 0.717) is 17.4 Å². The van der Waals surface area contributed by atoms with Crippen LogP contribution < -0.4 is 27.0 Å². The number of amides is 1. The molecule has 1 heterocycles. The summed E-state index contributed by atoms with van der Waals surface area (Å²) in [5, 5.41) is 6.95. The monoisotopic (exact) mass is 604 g/mol. The van der Waals surface area contributed by atoms with Crippen LogP contribution in [0.5, 0.6) is 5.75 Å². The number of nitrogens with zero attached hydrogens (tertiary/aromatic N) is 1. The van der Waals surface area contributed by atoms with E-state index in [-0.39, 0.29) is 24.7 Å². The van der Waals surface area contributed by atoms with Gasteiger partial charge in [-0.2, -0.15) is 4.57 Å². The van der Waals surface area contributed by atoms with Crippen molar-refractivity contribution in [3.8, 4) is 16.3 Å². The zero-order valence-corrected chi connectivity index (χ0v) is 26.6. The molecule has 220 valence electrons. The summed E-state index contributed by atoms with van der Waals surface area (Å²) in [6, 6.07) is 13.6. The van der Waals surface area contributed by atoms with Gasteiger partial charge in [0.1, 0.15) is 12.3 Å². The second-order valence-electron chi connectivity index (χ2n) is 10.3. The Balaban J connectivity index is 0.00000560. The van der Waals surface area contributed by atoms with E-state index < -0.39 is 0 Å². The van der Waals surface area contributed by atoms with E-state index in [1.807, 2.05) is 30.3 Å². The van der Waals surface area contributed by atoms with E-state index in [1.54, 1.807) is 11.3 Å². The van der Waals surface area contributed by atoms with Crippen molar-refractivity contribution in [2.24, 2.45) is 0 Å². The van der Waals surface area contributed by atoms with Gasteiger partial charge in [-0.3, -0.25) is 4.79 Å². The number of unbranched alkanes of at least 4 members (excludes halogenated alkanes) is 11. The first-order valence-electron chi connectivity index (χ1n) is 14.9. The summed E-state index contributed by atoms with van der Waals surface area (Å²) in [4.78, 5) is 12.8. The topological polar surface area (TPSA) is 42.2 Å². The number of carbonyl (C=O) groups excluding carboxylic acids is 1. The number of rotatable bonds is 19. The minimum atomic E-state index is -0.0694. The van der Waals surface area contributed by atoms with Crippen molar-refractivity contribution in [2.75, 3.05) is 11.9 Å². The molecule has 3 rings (SSSR count). The van der Waals surface area contributed by atoms with Crippen LogP contribution in [0.25, 0.3) is 10.6 Å². The van der Waals surface area contributed by atoms with Gasteiger partial charge in [0, 0.05) is 16.3 Å². The van der Waals surface area contributed by atoms with Gasteiger partial charge in [-0.05, 0) is 49.7 Å². The predicted molar refractivity (Wildman–Crippen MR) is 166 cm³/mol. The van der Waals surface area contributed by atoms with Crippen molar-refractivity contribution < 1.29 is 26.5 Å². The molecular weight excluding hydrogens is 559 g/mol. The molecule has 40 heavy (non-hydrogen) atoms. The van der Waals surface area contributed by atoms with Gasteiger partial charge in [0.15, 0.2) is 6.20 Å². The van der Waals surface area contributed by atoms with E-state index in [2.05, 4.69) is 47.4 Å². The van der Waals surface area contributed by atoms with Gasteiger partial charge in [-0.15, -0.1) is 0 Å². The standard InChI is InChI=1S/C33H45ClN2O2S.ClH/c1-3-5-6-7-8-9-10-11-12-13-14-15-23-38-31-26-29(34)19-16-28(31)25-32(37)35-30-20-17-27(18-21-30)33-36(4-2)22-24-39-33;/h16-22,24,26H,3-15,23,25H2,1-2H3;1H. The van der Waals surface area contributed by atoms with Gasteiger partial charge >= 0.3 is 0 Å². The molecule has 1 N–H and O–H groups in total. The molecule has 1 amide bonds. The summed E-state index contributed by atoms with van der Waals surface area (Å²) >= 11 is 7.96. The van der Waals surface area contributed by atoms with E-state index in [1.165, 1.54) is 75.6 Å². The normalized spacial score (nSPS) is 10.8. The maximum Gasteiger partial charge on any atom is 0.268 e. The molecule has 0 spiro atoms. The van der Waals surface area contributed by atoms with Crippen molar-refractivity contribution in [3.05, 3.63) is 64.6 Å². The van der Waals surface area contributed by atoms with E-state index >= 15 is 0 Å². The van der Waals surface area contributed by atoms with Crippen LogP contribution in [0.15, 0.2) is 54.0 Å². The Morgan fingerprint density at radius 2 is 1.50 bits per heavy atom. The zero-order chi connectivity index (χ0) is 27.7. The van der Waals surface area contributed by atoms with Gasteiger partial charge in [-0.1, -0.05) is 107 Å². The number of anilines is 1. The predicted octanol–water partition coefficient (Wildman–Crippen LogP) is 6.64. The number of hydrogen-bond donors (Lipinski definition) is 1. The molecule has 0 radical (unpaired) electrons. The summed E-state index contributed by atoms with van der Waals surface area (Å²) < 4.78 is 8.29. The van der Waals surface area contributed by atoms with Gasteiger partial charge in [-0.25, -0.2) is 0 Å². The Kier molecular flexibility index (Phi) is 17.0. The Morgan fingerprint density at radius 3 is 2.12 bits per heavy atom. The molecule has 4 nitrogen and oxygen atoms in total. The van der Waals surface area contributed by atoms with Crippen LogP contribution in [0.3, 0.4) is 0 Å². The fraction of sp³-hybridized carbons (Fsp3) is 0.515. The number of aryl methyl sites for hydroxylation is 1. The molecule has 0 saturated heterocycles. The lowest BCUT2D eigenvalue weighted by Crippen LogP contribution is -3.00. The summed E-state index contributed by atoms with van der Waals surface area (Å²) in [5.41, 5.74) is 2.79. The highest BCUT2D eigenvalue weighted by molar-refractivity contribution is 7.12. The first kappa shape index (κ1) is 34.1. The van der Waals surface area contributed by atoms with Crippen molar-refractivity contribution in [2.45, 2.75) is 104 Å². The number of thiazole rings is 1. The van der Waals surface area contributed by atoms with Gasteiger partial charge < -0.3 is 22.5 Å². The largest absolute Gasteiger partial charge is 1.00 e. The average molecular weight is 606 g/mol. The van der Waals surface area contributed by atoms with Gasteiger partial charge in [0.05, 0.1) is 24.0 Å². The molecule has 0 atom stereocenters. The highest BCUT2D eigenvalue weighted by Crippen LogP contribution is 2.26. The first-order valence-corrected chi connectivity index (χ1v) is 16.1. The number of nitrogens with one attached hydrogen (secondary N) is 1. The van der Waals surface area contributed by atoms with Crippen LogP contribution in [-0.4, -0.2) is 12.5 Å². The van der Waals surface area contributed by atoms with Crippen LogP contribution in [-0.2, 0) is 17.8 Å². The van der Waals surface area contributed by atoms with Gasteiger partial charge in [0.25, 0.3) is 5.01 Å². The lowest BCUT2D eigenvalue weighted by molar-refractivity contribution is -0.678. The highest BCUT2D eigenvalue weighted by Gasteiger charge is 2.14. The minimum Gasteiger partial charge on any atom is -1.00 e. The molecule has 0 aliphatic rings. The maximum absolute atomic E-state index is 12.8. The smallest absolute Gasteiger partial charge is 0.268 e. The Labute approximate surface area is 256 Å². The van der Waals surface area contributed by atoms with E-state index in [4.69, 9.17) is 16.3 Å². The maximum atomic E-state index is 12.8. The Bertz CT molecular complexity index is 1120. The Morgan fingerprint density at radius 1 is 0.875 bits per heavy atom. The summed E-state index contributed by atoms with van der Waals surface area (Å²) in [6.07, 6.45) is 18.1. The zero-order valence-electron chi connectivity index (χ0n) is 24.2. The number of hydrogen-bond acceptors (Lipinski definition) is 3. The first-order chi connectivity index (χ1) is 19.1. The number of halogens is 2. The number of carbonyl (C=O) groups is 1. The second-order valence-corrected chi connectivity index (χ2v) is 11.6. The molecule has 0 saturated carbocycles.